The van der Waals surface area contributed by atoms with Crippen molar-refractivity contribution in [1.82, 2.24) is 4.31 Å². The van der Waals surface area contributed by atoms with Crippen LogP contribution in [0, 0.1) is 5.92 Å². The van der Waals surface area contributed by atoms with Gasteiger partial charge in [0, 0.05) is 12.6 Å². The first-order chi connectivity index (χ1) is 13.0. The van der Waals surface area contributed by atoms with E-state index in [1.54, 1.807) is 22.5 Å². The first kappa shape index (κ1) is 18.3. The van der Waals surface area contributed by atoms with Crippen LogP contribution in [0.4, 0.5) is 0 Å². The Morgan fingerprint density at radius 1 is 1.04 bits per heavy atom. The number of benzene rings is 2. The Hall–Kier alpha value is -2.05. The van der Waals surface area contributed by atoms with Crippen molar-refractivity contribution < 1.29 is 17.9 Å². The van der Waals surface area contributed by atoms with Crippen LogP contribution in [0.2, 0.25) is 0 Å². The lowest BCUT2D eigenvalue weighted by atomic mass is 9.63. The standard InChI is InChI=1S/C21H25NO4S/c1-25-18-11-12-19(26-2)20(14-18)27(23,24)22-15-17-10-6-7-13-21(17,22)16-8-4-3-5-9-16/h3-5,8-9,11-12,14,17H,6-7,10,13,15H2,1-2H3/t17-,21+/m1/s1. The van der Waals surface area contributed by atoms with Gasteiger partial charge in [-0.25, -0.2) is 8.42 Å². The van der Waals surface area contributed by atoms with E-state index in [-0.39, 0.29) is 4.90 Å². The maximum Gasteiger partial charge on any atom is 0.247 e. The third kappa shape index (κ3) is 2.74. The van der Waals surface area contributed by atoms with Crippen molar-refractivity contribution >= 4 is 10.0 Å². The Morgan fingerprint density at radius 2 is 1.81 bits per heavy atom. The maximum absolute atomic E-state index is 13.7. The van der Waals surface area contributed by atoms with E-state index in [1.807, 2.05) is 18.2 Å². The Bertz CT molecular complexity index is 928. The van der Waals surface area contributed by atoms with Crippen molar-refractivity contribution in [3.8, 4) is 11.5 Å². The van der Waals surface area contributed by atoms with Crippen molar-refractivity contribution in [2.45, 2.75) is 36.1 Å². The second kappa shape index (κ2) is 6.84. The molecule has 1 aliphatic carbocycles. The highest BCUT2D eigenvalue weighted by atomic mass is 32.2. The molecule has 6 heteroatoms. The molecule has 1 saturated heterocycles. The fourth-order valence-corrected chi connectivity index (χ4v) is 6.78. The largest absolute Gasteiger partial charge is 0.497 e. The van der Waals surface area contributed by atoms with Gasteiger partial charge in [0.05, 0.1) is 19.8 Å². The maximum atomic E-state index is 13.7. The molecule has 2 fully saturated rings. The minimum Gasteiger partial charge on any atom is -0.497 e. The van der Waals surface area contributed by atoms with Gasteiger partial charge >= 0.3 is 0 Å². The molecule has 0 unspecified atom stereocenters. The molecule has 144 valence electrons. The smallest absolute Gasteiger partial charge is 0.247 e. The van der Waals surface area contributed by atoms with Crippen molar-refractivity contribution in [2.24, 2.45) is 5.92 Å². The summed E-state index contributed by atoms with van der Waals surface area (Å²) < 4.78 is 39.7. The molecular formula is C21H25NO4S. The number of nitrogens with zero attached hydrogens (tertiary/aromatic N) is 1. The highest BCUT2D eigenvalue weighted by molar-refractivity contribution is 7.89. The fourth-order valence-electron chi connectivity index (χ4n) is 4.72. The van der Waals surface area contributed by atoms with Crippen molar-refractivity contribution in [3.05, 3.63) is 54.1 Å². The first-order valence-corrected chi connectivity index (χ1v) is 10.8. The lowest BCUT2D eigenvalue weighted by Gasteiger charge is -2.60. The molecule has 0 bridgehead atoms. The van der Waals surface area contributed by atoms with Crippen LogP contribution in [0.3, 0.4) is 0 Å². The van der Waals surface area contributed by atoms with Crippen molar-refractivity contribution in [3.63, 3.8) is 0 Å². The van der Waals surface area contributed by atoms with Gasteiger partial charge in [-0.05, 0) is 36.5 Å². The fraction of sp³-hybridized carbons (Fsp3) is 0.429. The molecule has 1 heterocycles. The Kier molecular flexibility index (Phi) is 4.64. The summed E-state index contributed by atoms with van der Waals surface area (Å²) in [5.74, 6) is 1.21. The molecule has 0 spiro atoms. The van der Waals surface area contributed by atoms with Crippen LogP contribution in [0.25, 0.3) is 0 Å². The van der Waals surface area contributed by atoms with Gasteiger partial charge in [0.15, 0.2) is 0 Å². The predicted octanol–water partition coefficient (Wildman–Crippen LogP) is 3.79. The van der Waals surface area contributed by atoms with E-state index < -0.39 is 15.6 Å². The van der Waals surface area contributed by atoms with Gasteiger partial charge in [0.25, 0.3) is 0 Å². The summed E-state index contributed by atoms with van der Waals surface area (Å²) in [5, 5.41) is 0. The second-order valence-corrected chi connectivity index (χ2v) is 9.12. The van der Waals surface area contributed by atoms with Gasteiger partial charge in [0.2, 0.25) is 10.0 Å². The third-order valence-electron chi connectivity index (χ3n) is 6.08. The number of sulfonamides is 1. The summed E-state index contributed by atoms with van der Waals surface area (Å²) >= 11 is 0. The topological polar surface area (TPSA) is 55.8 Å². The molecule has 1 aliphatic heterocycles. The quantitative estimate of drug-likeness (QED) is 0.783. The van der Waals surface area contributed by atoms with Crippen molar-refractivity contribution in [2.75, 3.05) is 20.8 Å². The van der Waals surface area contributed by atoms with E-state index in [1.165, 1.54) is 14.2 Å². The molecule has 0 aromatic heterocycles. The van der Waals surface area contributed by atoms with Crippen LogP contribution in [0.5, 0.6) is 11.5 Å². The lowest BCUT2D eigenvalue weighted by molar-refractivity contribution is -0.0505. The van der Waals surface area contributed by atoms with E-state index in [0.29, 0.717) is 24.0 Å². The van der Waals surface area contributed by atoms with Gasteiger partial charge in [-0.15, -0.1) is 0 Å². The van der Waals surface area contributed by atoms with Crippen LogP contribution in [0.15, 0.2) is 53.4 Å². The van der Waals surface area contributed by atoms with Crippen LogP contribution in [0.1, 0.15) is 31.2 Å². The minimum absolute atomic E-state index is 0.170. The van der Waals surface area contributed by atoms with Crippen LogP contribution < -0.4 is 9.47 Å². The number of ether oxygens (including phenoxy) is 2. The molecule has 2 aliphatic rings. The summed E-state index contributed by atoms with van der Waals surface area (Å²) in [6, 6.07) is 15.0. The molecule has 2 aromatic rings. The zero-order valence-corrected chi connectivity index (χ0v) is 16.5. The molecule has 4 rings (SSSR count). The summed E-state index contributed by atoms with van der Waals surface area (Å²) in [6.45, 7) is 0.553. The Balaban J connectivity index is 1.83. The average molecular weight is 388 g/mol. The van der Waals surface area contributed by atoms with Crippen LogP contribution in [-0.2, 0) is 15.6 Å². The molecule has 2 atom stereocenters. The van der Waals surface area contributed by atoms with E-state index in [9.17, 15) is 8.42 Å². The van der Waals surface area contributed by atoms with Crippen molar-refractivity contribution in [1.29, 1.82) is 0 Å². The van der Waals surface area contributed by atoms with E-state index in [2.05, 4.69) is 12.1 Å². The van der Waals surface area contributed by atoms with E-state index >= 15 is 0 Å². The van der Waals surface area contributed by atoms with Gasteiger partial charge in [-0.1, -0.05) is 43.2 Å². The molecule has 0 amide bonds. The van der Waals surface area contributed by atoms with Gasteiger partial charge in [-0.3, -0.25) is 0 Å². The molecule has 0 N–H and O–H groups in total. The number of rotatable bonds is 5. The third-order valence-corrected chi connectivity index (χ3v) is 8.01. The highest BCUT2D eigenvalue weighted by Gasteiger charge is 2.60. The number of methoxy groups -OCH3 is 2. The second-order valence-electron chi connectivity index (χ2n) is 7.29. The zero-order valence-electron chi connectivity index (χ0n) is 15.7. The van der Waals surface area contributed by atoms with E-state index in [0.717, 1.165) is 31.2 Å². The zero-order chi connectivity index (χ0) is 19.1. The molecule has 5 nitrogen and oxygen atoms in total. The number of hydrogen-bond donors (Lipinski definition) is 0. The predicted molar refractivity (Wildman–Crippen MR) is 104 cm³/mol. The molecule has 1 saturated carbocycles. The monoisotopic (exact) mass is 387 g/mol. The summed E-state index contributed by atoms with van der Waals surface area (Å²) in [5.41, 5.74) is 0.637. The normalized spacial score (nSPS) is 25.3. The average Bonchev–Trinajstić information content (AvgIpc) is 2.69. The summed E-state index contributed by atoms with van der Waals surface area (Å²) in [6.07, 6.45) is 4.12. The number of fused-ring (bicyclic) bond motifs is 1. The van der Waals surface area contributed by atoms with Gasteiger partial charge < -0.3 is 9.47 Å². The van der Waals surface area contributed by atoms with E-state index in [4.69, 9.17) is 9.47 Å². The SMILES string of the molecule is COc1ccc(OC)c(S(=O)(=O)N2C[C@H]3CCCC[C@]32c2ccccc2)c1. The summed E-state index contributed by atoms with van der Waals surface area (Å²) in [4.78, 5) is 0.170. The minimum atomic E-state index is -3.73. The summed E-state index contributed by atoms with van der Waals surface area (Å²) in [7, 11) is -0.701. The first-order valence-electron chi connectivity index (χ1n) is 9.34. The Morgan fingerprint density at radius 3 is 2.48 bits per heavy atom. The van der Waals surface area contributed by atoms with Gasteiger partial charge in [0.1, 0.15) is 16.4 Å². The van der Waals surface area contributed by atoms with Gasteiger partial charge in [-0.2, -0.15) is 4.31 Å². The molecule has 0 radical (unpaired) electrons. The lowest BCUT2D eigenvalue weighted by Crippen LogP contribution is -2.67. The van der Waals surface area contributed by atoms with Crippen LogP contribution >= 0.6 is 0 Å². The Labute approximate surface area is 161 Å². The molecular weight excluding hydrogens is 362 g/mol. The molecule has 2 aromatic carbocycles. The number of hydrogen-bond acceptors (Lipinski definition) is 4. The highest BCUT2D eigenvalue weighted by Crippen LogP contribution is 2.56. The van der Waals surface area contributed by atoms with Crippen LogP contribution in [-0.4, -0.2) is 33.5 Å². The molecule has 27 heavy (non-hydrogen) atoms.